The molecule has 0 spiro atoms. The summed E-state index contributed by atoms with van der Waals surface area (Å²) >= 11 is 1.27. The van der Waals surface area contributed by atoms with Gasteiger partial charge < -0.3 is 0 Å². The molecule has 1 aliphatic carbocycles. The van der Waals surface area contributed by atoms with E-state index >= 15 is 0 Å². The van der Waals surface area contributed by atoms with E-state index in [-0.39, 0.29) is 4.90 Å². The molecule has 124 valence electrons. The first-order chi connectivity index (χ1) is 11.0. The predicted octanol–water partition coefficient (Wildman–Crippen LogP) is 2.52. The van der Waals surface area contributed by atoms with Crippen LogP contribution >= 0.6 is 11.3 Å². The molecule has 1 aromatic heterocycles. The number of anilines is 1. The number of hydrogen-bond acceptors (Lipinski definition) is 5. The molecule has 6 nitrogen and oxygen atoms in total. The van der Waals surface area contributed by atoms with Crippen LogP contribution < -0.4 is 9.52 Å². The van der Waals surface area contributed by atoms with Gasteiger partial charge in [-0.1, -0.05) is 48.8 Å². The summed E-state index contributed by atoms with van der Waals surface area (Å²) < 4.78 is 28.8. The van der Waals surface area contributed by atoms with Gasteiger partial charge in [0.1, 0.15) is 0 Å². The number of aryl methyl sites for hydroxylation is 1. The summed E-state index contributed by atoms with van der Waals surface area (Å²) in [5, 5.41) is 4.58. The zero-order valence-corrected chi connectivity index (χ0v) is 14.6. The van der Waals surface area contributed by atoms with Crippen molar-refractivity contribution in [1.82, 2.24) is 9.78 Å². The van der Waals surface area contributed by atoms with Crippen molar-refractivity contribution >= 4 is 26.5 Å². The molecule has 1 aromatic carbocycles. The fraction of sp³-hybridized carbons (Fsp3) is 0.467. The maximum atomic E-state index is 12.3. The average molecular weight is 352 g/mol. The molecule has 1 heterocycles. The van der Waals surface area contributed by atoms with E-state index in [2.05, 4.69) is 9.82 Å². The lowest BCUT2D eigenvalue weighted by molar-refractivity contribution is 0.434. The second-order valence-electron chi connectivity index (χ2n) is 5.65. The van der Waals surface area contributed by atoms with Crippen molar-refractivity contribution in [3.05, 3.63) is 35.1 Å². The van der Waals surface area contributed by atoms with Gasteiger partial charge in [-0.25, -0.2) is 13.1 Å². The molecule has 0 amide bonds. The van der Waals surface area contributed by atoms with E-state index in [0.29, 0.717) is 11.2 Å². The van der Waals surface area contributed by atoms with Gasteiger partial charge in [-0.3, -0.25) is 9.71 Å². The van der Waals surface area contributed by atoms with Gasteiger partial charge >= 0.3 is 0 Å². The van der Waals surface area contributed by atoms with Crippen LogP contribution in [-0.4, -0.2) is 24.2 Å². The lowest BCUT2D eigenvalue weighted by Gasteiger charge is -2.16. The maximum absolute atomic E-state index is 12.3. The zero-order chi connectivity index (χ0) is 16.3. The highest BCUT2D eigenvalue weighted by Gasteiger charge is 2.17. The quantitative estimate of drug-likeness (QED) is 0.918. The van der Waals surface area contributed by atoms with Crippen molar-refractivity contribution in [2.24, 2.45) is 12.0 Å². The van der Waals surface area contributed by atoms with Gasteiger partial charge in [-0.15, -0.1) is 5.10 Å². The van der Waals surface area contributed by atoms with Crippen LogP contribution in [0.1, 0.15) is 32.1 Å². The first-order valence-corrected chi connectivity index (χ1v) is 10.0. The third-order valence-electron chi connectivity index (χ3n) is 3.85. The smallest absolute Gasteiger partial charge is 0.254 e. The number of rotatable bonds is 4. The summed E-state index contributed by atoms with van der Waals surface area (Å²) in [5.41, 5.74) is 0. The molecule has 0 atom stereocenters. The van der Waals surface area contributed by atoms with Crippen molar-refractivity contribution in [2.75, 3.05) is 4.72 Å². The number of hydrogen-bond donors (Lipinski definition) is 1. The van der Waals surface area contributed by atoms with E-state index in [0.717, 1.165) is 17.6 Å². The summed E-state index contributed by atoms with van der Waals surface area (Å²) in [5.74, 6) is 0. The summed E-state index contributed by atoms with van der Waals surface area (Å²) in [7, 11) is -1.82. The second kappa shape index (κ2) is 6.84. The van der Waals surface area contributed by atoms with Crippen LogP contribution in [0.15, 0.2) is 40.2 Å². The van der Waals surface area contributed by atoms with Gasteiger partial charge in [0.25, 0.3) is 10.0 Å². The molecule has 1 saturated carbocycles. The van der Waals surface area contributed by atoms with E-state index < -0.39 is 10.0 Å². The van der Waals surface area contributed by atoms with E-state index in [1.165, 1.54) is 30.6 Å². The zero-order valence-electron chi connectivity index (χ0n) is 13.0. The summed E-state index contributed by atoms with van der Waals surface area (Å²) in [6.07, 6.45) is 5.91. The molecule has 0 unspecified atom stereocenters. The van der Waals surface area contributed by atoms with Crippen molar-refractivity contribution in [2.45, 2.75) is 43.0 Å². The molecule has 3 rings (SSSR count). The third kappa shape index (κ3) is 4.00. The normalized spacial score (nSPS) is 17.3. The van der Waals surface area contributed by atoms with Crippen LogP contribution in [0.4, 0.5) is 5.13 Å². The SMILES string of the molecule is Cn1nc(NS(=O)(=O)c2ccccc2)sc1=NC1CCCCC1. The third-order valence-corrected chi connectivity index (χ3v) is 6.26. The first-order valence-electron chi connectivity index (χ1n) is 7.70. The molecule has 0 radical (unpaired) electrons. The van der Waals surface area contributed by atoms with E-state index in [1.807, 2.05) is 0 Å². The Bertz CT molecular complexity index is 819. The van der Waals surface area contributed by atoms with Crippen LogP contribution in [0, 0.1) is 0 Å². The number of nitrogens with one attached hydrogen (secondary N) is 1. The highest BCUT2D eigenvalue weighted by molar-refractivity contribution is 7.93. The number of benzene rings is 1. The minimum Gasteiger partial charge on any atom is -0.254 e. The summed E-state index contributed by atoms with van der Waals surface area (Å²) in [6, 6.07) is 8.62. The Kier molecular flexibility index (Phi) is 4.82. The molecule has 1 aliphatic rings. The number of nitrogens with zero attached hydrogens (tertiary/aromatic N) is 3. The van der Waals surface area contributed by atoms with Gasteiger partial charge in [0, 0.05) is 7.05 Å². The van der Waals surface area contributed by atoms with Gasteiger partial charge in [-0.2, -0.15) is 0 Å². The highest BCUT2D eigenvalue weighted by Crippen LogP contribution is 2.20. The topological polar surface area (TPSA) is 76.3 Å². The Balaban J connectivity index is 1.82. The van der Waals surface area contributed by atoms with Crippen molar-refractivity contribution in [3.63, 3.8) is 0 Å². The second-order valence-corrected chi connectivity index (χ2v) is 8.29. The molecule has 0 bridgehead atoms. The Morgan fingerprint density at radius 1 is 1.22 bits per heavy atom. The monoisotopic (exact) mass is 352 g/mol. The molecular weight excluding hydrogens is 332 g/mol. The molecule has 1 fully saturated rings. The van der Waals surface area contributed by atoms with Crippen molar-refractivity contribution in [3.8, 4) is 0 Å². The number of sulfonamides is 1. The van der Waals surface area contributed by atoms with Crippen molar-refractivity contribution < 1.29 is 8.42 Å². The Labute approximate surface area is 140 Å². The molecule has 8 heteroatoms. The first kappa shape index (κ1) is 16.2. The lowest BCUT2D eigenvalue weighted by atomic mass is 9.96. The van der Waals surface area contributed by atoms with Gasteiger partial charge in [-0.05, 0) is 25.0 Å². The van der Waals surface area contributed by atoms with E-state index in [4.69, 9.17) is 4.99 Å². The van der Waals surface area contributed by atoms with Crippen LogP contribution in [-0.2, 0) is 17.1 Å². The van der Waals surface area contributed by atoms with Gasteiger partial charge in [0.05, 0.1) is 10.9 Å². The predicted molar refractivity (Wildman–Crippen MR) is 90.8 cm³/mol. The average Bonchev–Trinajstić information content (AvgIpc) is 2.88. The van der Waals surface area contributed by atoms with Crippen molar-refractivity contribution in [1.29, 1.82) is 0 Å². The summed E-state index contributed by atoms with van der Waals surface area (Å²) in [4.78, 5) is 5.70. The highest BCUT2D eigenvalue weighted by atomic mass is 32.2. The van der Waals surface area contributed by atoms with Crippen LogP contribution in [0.3, 0.4) is 0 Å². The van der Waals surface area contributed by atoms with Crippen LogP contribution in [0.2, 0.25) is 0 Å². The molecule has 0 saturated heterocycles. The fourth-order valence-corrected chi connectivity index (χ4v) is 4.75. The molecule has 23 heavy (non-hydrogen) atoms. The van der Waals surface area contributed by atoms with Crippen LogP contribution in [0.5, 0.6) is 0 Å². The van der Waals surface area contributed by atoms with E-state index in [9.17, 15) is 8.42 Å². The largest absolute Gasteiger partial charge is 0.263 e. The molecular formula is C15H20N4O2S2. The lowest BCUT2D eigenvalue weighted by Crippen LogP contribution is -2.18. The maximum Gasteiger partial charge on any atom is 0.263 e. The Hall–Kier alpha value is -1.67. The fourth-order valence-electron chi connectivity index (χ4n) is 2.64. The Morgan fingerprint density at radius 2 is 1.91 bits per heavy atom. The minimum absolute atomic E-state index is 0.226. The van der Waals surface area contributed by atoms with Gasteiger partial charge in [0.15, 0.2) is 0 Å². The Morgan fingerprint density at radius 3 is 2.61 bits per heavy atom. The van der Waals surface area contributed by atoms with E-state index in [1.54, 1.807) is 42.1 Å². The summed E-state index contributed by atoms with van der Waals surface area (Å²) in [6.45, 7) is 0. The van der Waals surface area contributed by atoms with Gasteiger partial charge in [0.2, 0.25) is 9.93 Å². The number of aromatic nitrogens is 2. The molecule has 2 aromatic rings. The standard InChI is InChI=1S/C15H20N4O2S2/c1-19-15(16-12-8-4-2-5-9-12)22-14(17-19)18-23(20,21)13-10-6-3-7-11-13/h3,6-7,10-12H,2,4-5,8-9H2,1H3,(H,17,18). The minimum atomic E-state index is -3.61. The van der Waals surface area contributed by atoms with Crippen LogP contribution in [0.25, 0.3) is 0 Å². The molecule has 1 N–H and O–H groups in total. The molecule has 0 aliphatic heterocycles.